The molecule has 0 radical (unpaired) electrons. The van der Waals surface area contributed by atoms with Crippen molar-refractivity contribution in [1.82, 2.24) is 9.97 Å². The summed E-state index contributed by atoms with van der Waals surface area (Å²) in [6.07, 6.45) is 0. The van der Waals surface area contributed by atoms with Crippen LogP contribution in [-0.2, 0) is 0 Å². The van der Waals surface area contributed by atoms with Gasteiger partial charge in [0.2, 0.25) is 0 Å². The van der Waals surface area contributed by atoms with Gasteiger partial charge in [-0.05, 0) is 41.5 Å². The molecule has 0 saturated carbocycles. The van der Waals surface area contributed by atoms with Gasteiger partial charge in [0.1, 0.15) is 0 Å². The number of H-pyrrole nitrogens is 2. The molecule has 0 unspecified atom stereocenters. The van der Waals surface area contributed by atoms with E-state index in [4.69, 9.17) is 12.2 Å². The van der Waals surface area contributed by atoms with Gasteiger partial charge in [-0.2, -0.15) is 0 Å². The SMILES string of the molecule is S=C(c1cccc(-c2cc3ccccc3[nH]2)c1)c1cc2ccccc2[nH]1. The highest BCUT2D eigenvalue weighted by Crippen LogP contribution is 2.26. The summed E-state index contributed by atoms with van der Waals surface area (Å²) in [7, 11) is 0. The van der Waals surface area contributed by atoms with E-state index in [0.29, 0.717) is 0 Å². The fraction of sp³-hybridized carbons (Fsp3) is 0. The van der Waals surface area contributed by atoms with Gasteiger partial charge in [-0.1, -0.05) is 66.8 Å². The van der Waals surface area contributed by atoms with E-state index in [1.165, 1.54) is 10.8 Å². The van der Waals surface area contributed by atoms with E-state index in [1.807, 2.05) is 18.2 Å². The Morgan fingerprint density at radius 2 is 1.35 bits per heavy atom. The number of nitrogens with one attached hydrogen (secondary N) is 2. The number of benzene rings is 3. The molecular weight excluding hydrogens is 336 g/mol. The van der Waals surface area contributed by atoms with Gasteiger partial charge in [0, 0.05) is 27.5 Å². The molecule has 0 aliphatic heterocycles. The Labute approximate surface area is 156 Å². The second kappa shape index (κ2) is 5.97. The molecule has 0 fully saturated rings. The largest absolute Gasteiger partial charge is 0.355 e. The molecule has 124 valence electrons. The van der Waals surface area contributed by atoms with Gasteiger partial charge in [0.15, 0.2) is 0 Å². The van der Waals surface area contributed by atoms with Crippen molar-refractivity contribution >= 4 is 38.9 Å². The number of aromatic amines is 2. The third-order valence-corrected chi connectivity index (χ3v) is 5.20. The molecule has 2 N–H and O–H groups in total. The number of hydrogen-bond donors (Lipinski definition) is 2. The maximum absolute atomic E-state index is 5.76. The van der Waals surface area contributed by atoms with Crippen molar-refractivity contribution in [2.75, 3.05) is 0 Å². The summed E-state index contributed by atoms with van der Waals surface area (Å²) in [5.41, 5.74) is 6.52. The molecule has 5 rings (SSSR count). The first-order valence-electron chi connectivity index (χ1n) is 8.58. The zero-order valence-corrected chi connectivity index (χ0v) is 14.8. The van der Waals surface area contributed by atoms with Crippen molar-refractivity contribution in [2.45, 2.75) is 0 Å². The van der Waals surface area contributed by atoms with Gasteiger partial charge in [-0.15, -0.1) is 0 Å². The highest BCUT2D eigenvalue weighted by atomic mass is 32.1. The molecule has 2 heterocycles. The van der Waals surface area contributed by atoms with Crippen molar-refractivity contribution in [1.29, 1.82) is 0 Å². The molecule has 0 amide bonds. The summed E-state index contributed by atoms with van der Waals surface area (Å²) in [5, 5.41) is 2.39. The van der Waals surface area contributed by atoms with E-state index < -0.39 is 0 Å². The normalized spacial score (nSPS) is 11.2. The third-order valence-electron chi connectivity index (χ3n) is 4.74. The van der Waals surface area contributed by atoms with Crippen LogP contribution >= 0.6 is 12.2 Å². The van der Waals surface area contributed by atoms with E-state index in [9.17, 15) is 0 Å². The maximum Gasteiger partial charge on any atom is 0.0684 e. The van der Waals surface area contributed by atoms with Gasteiger partial charge < -0.3 is 9.97 Å². The highest BCUT2D eigenvalue weighted by Gasteiger charge is 2.10. The Hall–Kier alpha value is -3.17. The molecule has 0 aliphatic rings. The molecule has 0 aliphatic carbocycles. The molecule has 0 atom stereocenters. The van der Waals surface area contributed by atoms with Crippen LogP contribution in [0.25, 0.3) is 33.1 Å². The predicted octanol–water partition coefficient (Wildman–Crippen LogP) is 6.08. The second-order valence-corrected chi connectivity index (χ2v) is 6.86. The number of aromatic nitrogens is 2. The fourth-order valence-electron chi connectivity index (χ4n) is 3.41. The quantitative estimate of drug-likeness (QED) is 0.299. The Morgan fingerprint density at radius 3 is 2.08 bits per heavy atom. The second-order valence-electron chi connectivity index (χ2n) is 6.45. The van der Waals surface area contributed by atoms with E-state index in [1.54, 1.807) is 0 Å². The van der Waals surface area contributed by atoms with Gasteiger partial charge in [0.05, 0.1) is 10.6 Å². The summed E-state index contributed by atoms with van der Waals surface area (Å²) < 4.78 is 0. The van der Waals surface area contributed by atoms with Crippen LogP contribution in [0.4, 0.5) is 0 Å². The van der Waals surface area contributed by atoms with Crippen LogP contribution in [-0.4, -0.2) is 14.8 Å². The minimum atomic E-state index is 0.833. The van der Waals surface area contributed by atoms with E-state index in [2.05, 4.69) is 76.7 Å². The Balaban J connectivity index is 1.55. The van der Waals surface area contributed by atoms with Crippen molar-refractivity contribution in [2.24, 2.45) is 0 Å². The molecule has 2 nitrogen and oxygen atoms in total. The van der Waals surface area contributed by atoms with Crippen LogP contribution in [0, 0.1) is 0 Å². The molecular formula is C23H16N2S. The van der Waals surface area contributed by atoms with Crippen LogP contribution in [0.5, 0.6) is 0 Å². The van der Waals surface area contributed by atoms with Crippen molar-refractivity contribution < 1.29 is 0 Å². The Kier molecular flexibility index (Phi) is 3.47. The number of rotatable bonds is 3. The van der Waals surface area contributed by atoms with E-state index in [-0.39, 0.29) is 0 Å². The smallest absolute Gasteiger partial charge is 0.0684 e. The number of fused-ring (bicyclic) bond motifs is 2. The summed E-state index contributed by atoms with van der Waals surface area (Å²) in [6, 6.07) is 29.2. The monoisotopic (exact) mass is 352 g/mol. The first-order valence-corrected chi connectivity index (χ1v) is 8.99. The first kappa shape index (κ1) is 15.1. The molecule has 5 aromatic rings. The van der Waals surface area contributed by atoms with Crippen LogP contribution in [0.15, 0.2) is 84.9 Å². The zero-order chi connectivity index (χ0) is 17.5. The van der Waals surface area contributed by atoms with E-state index >= 15 is 0 Å². The lowest BCUT2D eigenvalue weighted by atomic mass is 10.0. The lowest BCUT2D eigenvalue weighted by Crippen LogP contribution is -2.00. The van der Waals surface area contributed by atoms with Crippen LogP contribution in [0.1, 0.15) is 11.3 Å². The predicted molar refractivity (Wildman–Crippen MR) is 113 cm³/mol. The van der Waals surface area contributed by atoms with Crippen molar-refractivity contribution in [3.8, 4) is 11.3 Å². The average molecular weight is 352 g/mol. The topological polar surface area (TPSA) is 31.6 Å². The lowest BCUT2D eigenvalue weighted by molar-refractivity contribution is 1.42. The third kappa shape index (κ3) is 2.54. The highest BCUT2D eigenvalue weighted by molar-refractivity contribution is 7.81. The van der Waals surface area contributed by atoms with Gasteiger partial charge in [-0.3, -0.25) is 0 Å². The number of hydrogen-bond acceptors (Lipinski definition) is 1. The summed E-state index contributed by atoms with van der Waals surface area (Å²) in [5.74, 6) is 0. The number of para-hydroxylation sites is 2. The lowest BCUT2D eigenvalue weighted by Gasteiger charge is -2.05. The standard InChI is InChI=1S/C23H16N2S/c26-23(22-14-17-7-2-4-11-20(17)25-22)18-9-5-8-15(12-18)21-13-16-6-1-3-10-19(16)24-21/h1-14,24-25H. The fourth-order valence-corrected chi connectivity index (χ4v) is 3.64. The van der Waals surface area contributed by atoms with Gasteiger partial charge in [-0.25, -0.2) is 0 Å². The van der Waals surface area contributed by atoms with E-state index in [0.717, 1.165) is 38.4 Å². The number of thiocarbonyl (C=S) groups is 1. The minimum absolute atomic E-state index is 0.833. The summed E-state index contributed by atoms with van der Waals surface area (Å²) >= 11 is 5.76. The molecule has 0 saturated heterocycles. The molecule has 3 heteroatoms. The molecule has 26 heavy (non-hydrogen) atoms. The van der Waals surface area contributed by atoms with Crippen LogP contribution < -0.4 is 0 Å². The maximum atomic E-state index is 5.76. The zero-order valence-electron chi connectivity index (χ0n) is 14.0. The molecule has 0 spiro atoms. The van der Waals surface area contributed by atoms with Gasteiger partial charge >= 0.3 is 0 Å². The van der Waals surface area contributed by atoms with Crippen molar-refractivity contribution in [3.05, 3.63) is 96.2 Å². The molecule has 2 aromatic heterocycles. The summed E-state index contributed by atoms with van der Waals surface area (Å²) in [6.45, 7) is 0. The molecule has 0 bridgehead atoms. The first-order chi connectivity index (χ1) is 12.8. The summed E-state index contributed by atoms with van der Waals surface area (Å²) in [4.78, 5) is 7.75. The van der Waals surface area contributed by atoms with Gasteiger partial charge in [0.25, 0.3) is 0 Å². The van der Waals surface area contributed by atoms with Crippen molar-refractivity contribution in [3.63, 3.8) is 0 Å². The average Bonchev–Trinajstić information content (AvgIpc) is 3.31. The van der Waals surface area contributed by atoms with Crippen LogP contribution in [0.2, 0.25) is 0 Å². The molecule has 3 aromatic carbocycles. The minimum Gasteiger partial charge on any atom is -0.355 e. The Morgan fingerprint density at radius 1 is 0.654 bits per heavy atom. The van der Waals surface area contributed by atoms with Crippen LogP contribution in [0.3, 0.4) is 0 Å². The Bertz CT molecular complexity index is 1190.